The van der Waals surface area contributed by atoms with E-state index in [4.69, 9.17) is 0 Å². The van der Waals surface area contributed by atoms with Crippen molar-refractivity contribution in [3.05, 3.63) is 0 Å². The van der Waals surface area contributed by atoms with Gasteiger partial charge in [0, 0.05) is 18.6 Å². The van der Waals surface area contributed by atoms with Gasteiger partial charge in [0.1, 0.15) is 0 Å². The monoisotopic (exact) mass is 266 g/mol. The van der Waals surface area contributed by atoms with Gasteiger partial charge in [0.2, 0.25) is 0 Å². The highest BCUT2D eigenvalue weighted by atomic mass is 16.2. The zero-order valence-corrected chi connectivity index (χ0v) is 13.2. The molecule has 3 nitrogen and oxygen atoms in total. The van der Waals surface area contributed by atoms with Gasteiger partial charge in [-0.15, -0.1) is 0 Å². The summed E-state index contributed by atoms with van der Waals surface area (Å²) in [6.07, 6.45) is 4.78. The third-order valence-corrected chi connectivity index (χ3v) is 4.85. The highest BCUT2D eigenvalue weighted by molar-refractivity contribution is 5.75. The summed E-state index contributed by atoms with van der Waals surface area (Å²) in [6.45, 7) is 12.1. The van der Waals surface area contributed by atoms with Gasteiger partial charge in [-0.2, -0.15) is 0 Å². The van der Waals surface area contributed by atoms with Crippen LogP contribution in [-0.4, -0.2) is 29.6 Å². The van der Waals surface area contributed by atoms with E-state index in [1.54, 1.807) is 0 Å². The van der Waals surface area contributed by atoms with E-state index in [-0.39, 0.29) is 6.03 Å². The van der Waals surface area contributed by atoms with Crippen molar-refractivity contribution in [3.8, 4) is 0 Å². The molecule has 0 radical (unpaired) electrons. The van der Waals surface area contributed by atoms with Crippen LogP contribution in [0.4, 0.5) is 4.79 Å². The molecule has 0 spiro atoms. The number of amides is 2. The summed E-state index contributed by atoms with van der Waals surface area (Å²) in [5.41, 5.74) is 0.376. The molecule has 2 fully saturated rings. The maximum Gasteiger partial charge on any atom is 0.317 e. The van der Waals surface area contributed by atoms with Crippen LogP contribution in [0.5, 0.6) is 0 Å². The Hall–Kier alpha value is -0.730. The third-order valence-electron chi connectivity index (χ3n) is 4.85. The zero-order chi connectivity index (χ0) is 14.2. The van der Waals surface area contributed by atoms with Gasteiger partial charge >= 0.3 is 6.03 Å². The van der Waals surface area contributed by atoms with Crippen LogP contribution in [0.2, 0.25) is 0 Å². The quantitative estimate of drug-likeness (QED) is 0.813. The molecule has 0 aromatic heterocycles. The highest BCUT2D eigenvalue weighted by Crippen LogP contribution is 2.45. The first-order valence-electron chi connectivity index (χ1n) is 7.85. The van der Waals surface area contributed by atoms with Crippen LogP contribution in [0.1, 0.15) is 60.3 Å². The molecular weight excluding hydrogens is 236 g/mol. The predicted octanol–water partition coefficient (Wildman–Crippen LogP) is 3.64. The van der Waals surface area contributed by atoms with E-state index in [0.717, 1.165) is 12.5 Å². The molecule has 2 aliphatic rings. The van der Waals surface area contributed by atoms with Crippen LogP contribution in [0.15, 0.2) is 0 Å². The number of hydrogen-bond donors (Lipinski definition) is 1. The number of nitrogens with one attached hydrogen (secondary N) is 1. The number of piperidine rings is 1. The minimum atomic E-state index is 0.175. The van der Waals surface area contributed by atoms with Crippen molar-refractivity contribution in [2.45, 2.75) is 72.4 Å². The fourth-order valence-corrected chi connectivity index (χ4v) is 3.60. The van der Waals surface area contributed by atoms with Gasteiger partial charge in [-0.05, 0) is 42.9 Å². The van der Waals surface area contributed by atoms with Gasteiger partial charge in [0.15, 0.2) is 0 Å². The number of nitrogens with zero attached hydrogens (tertiary/aromatic N) is 1. The van der Waals surface area contributed by atoms with E-state index in [2.05, 4.69) is 44.8 Å². The van der Waals surface area contributed by atoms with Gasteiger partial charge in [-0.1, -0.05) is 34.6 Å². The summed E-state index contributed by atoms with van der Waals surface area (Å²) in [6, 6.07) is 1.14. The molecule has 2 rings (SSSR count). The number of carbonyl (C=O) groups excluding carboxylic acids is 1. The predicted molar refractivity (Wildman–Crippen MR) is 79.1 cm³/mol. The van der Waals surface area contributed by atoms with E-state index in [1.807, 2.05) is 0 Å². The van der Waals surface area contributed by atoms with Gasteiger partial charge < -0.3 is 10.2 Å². The topological polar surface area (TPSA) is 32.3 Å². The van der Waals surface area contributed by atoms with Crippen LogP contribution in [0, 0.1) is 17.3 Å². The summed E-state index contributed by atoms with van der Waals surface area (Å²) in [5.74, 6) is 1.29. The SMILES string of the molecule is CC(C)CNC(=O)N1C2CCC1CC(C(C)(C)C)C2. The van der Waals surface area contributed by atoms with E-state index in [9.17, 15) is 4.79 Å². The molecule has 0 aromatic rings. The molecule has 0 aromatic carbocycles. The third kappa shape index (κ3) is 3.24. The summed E-state index contributed by atoms with van der Waals surface area (Å²) < 4.78 is 0. The van der Waals surface area contributed by atoms with Crippen molar-refractivity contribution >= 4 is 6.03 Å². The molecule has 2 unspecified atom stereocenters. The highest BCUT2D eigenvalue weighted by Gasteiger charge is 2.45. The van der Waals surface area contributed by atoms with Gasteiger partial charge in [-0.3, -0.25) is 0 Å². The van der Waals surface area contributed by atoms with Crippen LogP contribution in [-0.2, 0) is 0 Å². The molecule has 2 bridgehead atoms. The molecule has 0 aliphatic carbocycles. The molecule has 110 valence electrons. The number of urea groups is 1. The van der Waals surface area contributed by atoms with Gasteiger partial charge in [0.05, 0.1) is 0 Å². The lowest BCUT2D eigenvalue weighted by Crippen LogP contribution is -2.52. The minimum absolute atomic E-state index is 0.175. The van der Waals surface area contributed by atoms with Crippen LogP contribution < -0.4 is 5.32 Å². The van der Waals surface area contributed by atoms with Crippen molar-refractivity contribution in [2.24, 2.45) is 17.3 Å². The fourth-order valence-electron chi connectivity index (χ4n) is 3.60. The normalized spacial score (nSPS) is 30.8. The first kappa shape index (κ1) is 14.7. The fraction of sp³-hybridized carbons (Fsp3) is 0.938. The Bertz CT molecular complexity index is 318. The molecule has 19 heavy (non-hydrogen) atoms. The Kier molecular flexibility index (Phi) is 4.12. The Morgan fingerprint density at radius 1 is 1.21 bits per heavy atom. The second-order valence-electron chi connectivity index (χ2n) is 7.91. The molecule has 2 aliphatic heterocycles. The van der Waals surface area contributed by atoms with Crippen molar-refractivity contribution in [2.75, 3.05) is 6.54 Å². The van der Waals surface area contributed by atoms with Crippen molar-refractivity contribution in [3.63, 3.8) is 0 Å². The molecule has 1 N–H and O–H groups in total. The minimum Gasteiger partial charge on any atom is -0.338 e. The summed E-state index contributed by atoms with van der Waals surface area (Å²) >= 11 is 0. The van der Waals surface area contributed by atoms with Crippen LogP contribution in [0.3, 0.4) is 0 Å². The van der Waals surface area contributed by atoms with E-state index < -0.39 is 0 Å². The molecular formula is C16H30N2O. The Balaban J connectivity index is 1.97. The van der Waals surface area contributed by atoms with E-state index in [1.165, 1.54) is 25.7 Å². The summed E-state index contributed by atoms with van der Waals surface area (Å²) in [7, 11) is 0. The van der Waals surface area contributed by atoms with Gasteiger partial charge in [0.25, 0.3) is 0 Å². The first-order valence-corrected chi connectivity index (χ1v) is 7.85. The lowest BCUT2D eigenvalue weighted by molar-refractivity contribution is 0.0749. The van der Waals surface area contributed by atoms with Crippen LogP contribution >= 0.6 is 0 Å². The first-order chi connectivity index (χ1) is 8.79. The standard InChI is InChI=1S/C16H30N2O/c1-11(2)10-17-15(19)18-13-6-7-14(18)9-12(8-13)16(3,4)5/h11-14H,6-10H2,1-5H3,(H,17,19). The summed E-state index contributed by atoms with van der Waals surface area (Å²) in [4.78, 5) is 14.5. The zero-order valence-electron chi connectivity index (χ0n) is 13.2. The average Bonchev–Trinajstić information content (AvgIpc) is 2.55. The van der Waals surface area contributed by atoms with Crippen molar-refractivity contribution in [1.82, 2.24) is 10.2 Å². The maximum atomic E-state index is 12.3. The van der Waals surface area contributed by atoms with E-state index in [0.29, 0.717) is 23.4 Å². The molecule has 0 saturated carbocycles. The van der Waals surface area contributed by atoms with E-state index >= 15 is 0 Å². The molecule has 2 amide bonds. The second kappa shape index (κ2) is 5.34. The van der Waals surface area contributed by atoms with Crippen molar-refractivity contribution in [1.29, 1.82) is 0 Å². The number of rotatable bonds is 2. The Morgan fingerprint density at radius 2 is 1.74 bits per heavy atom. The second-order valence-corrected chi connectivity index (χ2v) is 7.91. The lowest BCUT2D eigenvalue weighted by Gasteiger charge is -2.43. The average molecular weight is 266 g/mol. The van der Waals surface area contributed by atoms with Crippen molar-refractivity contribution < 1.29 is 4.79 Å². The number of carbonyl (C=O) groups is 1. The summed E-state index contributed by atoms with van der Waals surface area (Å²) in [5, 5.41) is 3.09. The van der Waals surface area contributed by atoms with Gasteiger partial charge in [-0.25, -0.2) is 4.79 Å². The smallest absolute Gasteiger partial charge is 0.317 e. The molecule has 3 heteroatoms. The number of hydrogen-bond acceptors (Lipinski definition) is 1. The maximum absolute atomic E-state index is 12.3. The number of fused-ring (bicyclic) bond motifs is 2. The lowest BCUT2D eigenvalue weighted by atomic mass is 9.73. The molecule has 2 atom stereocenters. The molecule has 2 saturated heterocycles. The largest absolute Gasteiger partial charge is 0.338 e. The Labute approximate surface area is 118 Å². The Morgan fingerprint density at radius 3 is 2.16 bits per heavy atom. The molecule has 2 heterocycles. The van der Waals surface area contributed by atoms with Crippen LogP contribution in [0.25, 0.3) is 0 Å².